The molecule has 126 valence electrons. The van der Waals surface area contributed by atoms with E-state index in [9.17, 15) is 0 Å². The Hall–Kier alpha value is -0.760. The highest BCUT2D eigenvalue weighted by Gasteiger charge is 2.08. The molecule has 0 aromatic carbocycles. The fraction of sp³-hybridized carbons (Fsp3) is 0.800. The van der Waals surface area contributed by atoms with Crippen molar-refractivity contribution in [2.24, 2.45) is 0 Å². The van der Waals surface area contributed by atoms with Crippen molar-refractivity contribution in [3.63, 3.8) is 0 Å². The van der Waals surface area contributed by atoms with Gasteiger partial charge in [-0.3, -0.25) is 0 Å². The number of allylic oxidation sites excluding steroid dienone is 2. The first kappa shape index (κ1) is 17.6. The van der Waals surface area contributed by atoms with Gasteiger partial charge in [0, 0.05) is 13.1 Å². The van der Waals surface area contributed by atoms with E-state index in [1.807, 2.05) is 0 Å². The van der Waals surface area contributed by atoms with Gasteiger partial charge < -0.3 is 9.80 Å². The second-order valence-electron chi connectivity index (χ2n) is 7.00. The second-order valence-corrected chi connectivity index (χ2v) is 7.00. The standard InChI is InChI=1S/C20H36N2/c1(3-5-9-15-21-17-11-7-12-18-21)2-4-6-10-16-22-19-13-8-14-20-22/h7,11-12,17H,1-6,8-10,13-16,18-20H2. The van der Waals surface area contributed by atoms with Crippen LogP contribution in [0, 0.1) is 0 Å². The molecule has 2 heterocycles. The van der Waals surface area contributed by atoms with Gasteiger partial charge in [0.05, 0.1) is 0 Å². The summed E-state index contributed by atoms with van der Waals surface area (Å²) in [6, 6.07) is 0. The zero-order valence-corrected chi connectivity index (χ0v) is 14.5. The minimum Gasteiger partial charge on any atom is -0.374 e. The lowest BCUT2D eigenvalue weighted by Gasteiger charge is -2.26. The monoisotopic (exact) mass is 304 g/mol. The topological polar surface area (TPSA) is 6.48 Å². The van der Waals surface area contributed by atoms with E-state index >= 15 is 0 Å². The van der Waals surface area contributed by atoms with Crippen LogP contribution in [-0.4, -0.2) is 42.5 Å². The van der Waals surface area contributed by atoms with Crippen LogP contribution in [0.3, 0.4) is 0 Å². The summed E-state index contributed by atoms with van der Waals surface area (Å²) in [6.07, 6.45) is 24.5. The van der Waals surface area contributed by atoms with Crippen LogP contribution in [-0.2, 0) is 0 Å². The molecule has 2 nitrogen and oxygen atoms in total. The maximum absolute atomic E-state index is 2.67. The number of piperidine rings is 1. The van der Waals surface area contributed by atoms with E-state index in [0.717, 1.165) is 6.54 Å². The van der Waals surface area contributed by atoms with Gasteiger partial charge in [0.15, 0.2) is 0 Å². The van der Waals surface area contributed by atoms with Gasteiger partial charge in [-0.2, -0.15) is 0 Å². The molecule has 0 aromatic rings. The van der Waals surface area contributed by atoms with Gasteiger partial charge in [0.25, 0.3) is 0 Å². The van der Waals surface area contributed by atoms with E-state index in [2.05, 4.69) is 34.2 Å². The first-order chi connectivity index (χ1) is 10.9. The van der Waals surface area contributed by atoms with Crippen LogP contribution in [0.25, 0.3) is 0 Å². The van der Waals surface area contributed by atoms with E-state index in [-0.39, 0.29) is 0 Å². The lowest BCUT2D eigenvalue weighted by Crippen LogP contribution is -2.30. The van der Waals surface area contributed by atoms with E-state index in [1.54, 1.807) is 0 Å². The molecule has 0 radical (unpaired) electrons. The molecular formula is C20H36N2. The molecule has 2 rings (SSSR count). The van der Waals surface area contributed by atoms with Gasteiger partial charge in [-0.15, -0.1) is 0 Å². The second kappa shape index (κ2) is 11.8. The molecule has 0 aliphatic carbocycles. The first-order valence-corrected chi connectivity index (χ1v) is 9.75. The molecule has 0 atom stereocenters. The van der Waals surface area contributed by atoms with Crippen LogP contribution in [0.4, 0.5) is 0 Å². The molecule has 0 N–H and O–H groups in total. The minimum absolute atomic E-state index is 1.10. The maximum Gasteiger partial charge on any atom is 0.0357 e. The smallest absolute Gasteiger partial charge is 0.0357 e. The van der Waals surface area contributed by atoms with Gasteiger partial charge in [0.1, 0.15) is 0 Å². The van der Waals surface area contributed by atoms with E-state index in [0.29, 0.717) is 0 Å². The zero-order valence-electron chi connectivity index (χ0n) is 14.5. The molecule has 0 bridgehead atoms. The average Bonchev–Trinajstić information content (AvgIpc) is 2.58. The number of hydrogen-bond acceptors (Lipinski definition) is 2. The van der Waals surface area contributed by atoms with Crippen molar-refractivity contribution in [2.45, 2.75) is 70.6 Å². The Labute approximate surface area is 138 Å². The van der Waals surface area contributed by atoms with Crippen LogP contribution in [0.5, 0.6) is 0 Å². The highest BCUT2D eigenvalue weighted by molar-refractivity contribution is 5.08. The SMILES string of the molecule is C1=CCN(CCCCCCCCCCN2CCCCC2)C=C1. The molecule has 0 amide bonds. The van der Waals surface area contributed by atoms with Crippen LogP contribution in [0.15, 0.2) is 24.4 Å². The van der Waals surface area contributed by atoms with Crippen LogP contribution < -0.4 is 0 Å². The molecule has 2 aliphatic rings. The van der Waals surface area contributed by atoms with Crippen molar-refractivity contribution in [3.8, 4) is 0 Å². The Morgan fingerprint density at radius 3 is 1.91 bits per heavy atom. The molecule has 0 aromatic heterocycles. The summed E-state index contributed by atoms with van der Waals surface area (Å²) in [7, 11) is 0. The largest absolute Gasteiger partial charge is 0.374 e. The Kier molecular flexibility index (Phi) is 9.40. The Bertz CT molecular complexity index is 316. The Morgan fingerprint density at radius 2 is 1.27 bits per heavy atom. The van der Waals surface area contributed by atoms with Crippen molar-refractivity contribution in [2.75, 3.05) is 32.7 Å². The summed E-state index contributed by atoms with van der Waals surface area (Å²) in [4.78, 5) is 5.09. The van der Waals surface area contributed by atoms with Crippen molar-refractivity contribution in [3.05, 3.63) is 24.4 Å². The van der Waals surface area contributed by atoms with Crippen molar-refractivity contribution in [1.82, 2.24) is 9.80 Å². The van der Waals surface area contributed by atoms with E-state index in [1.165, 1.54) is 96.8 Å². The number of unbranched alkanes of at least 4 members (excludes halogenated alkanes) is 7. The highest BCUT2D eigenvalue weighted by Crippen LogP contribution is 2.12. The van der Waals surface area contributed by atoms with Crippen LogP contribution in [0.1, 0.15) is 70.6 Å². The van der Waals surface area contributed by atoms with Crippen LogP contribution >= 0.6 is 0 Å². The van der Waals surface area contributed by atoms with E-state index < -0.39 is 0 Å². The third-order valence-corrected chi connectivity index (χ3v) is 5.00. The molecule has 2 aliphatic heterocycles. The first-order valence-electron chi connectivity index (χ1n) is 9.75. The number of rotatable bonds is 11. The van der Waals surface area contributed by atoms with Gasteiger partial charge >= 0.3 is 0 Å². The fourth-order valence-corrected chi connectivity index (χ4v) is 3.57. The summed E-state index contributed by atoms with van der Waals surface area (Å²) < 4.78 is 0. The van der Waals surface area contributed by atoms with Crippen molar-refractivity contribution < 1.29 is 0 Å². The zero-order chi connectivity index (χ0) is 15.3. The summed E-state index contributed by atoms with van der Waals surface area (Å²) in [5.41, 5.74) is 0. The van der Waals surface area contributed by atoms with E-state index in [4.69, 9.17) is 0 Å². The molecule has 0 saturated carbocycles. The van der Waals surface area contributed by atoms with Gasteiger partial charge in [-0.05, 0) is 57.6 Å². The lowest BCUT2D eigenvalue weighted by atomic mass is 10.1. The molecule has 2 heteroatoms. The summed E-state index contributed by atoms with van der Waals surface area (Å²) in [5, 5.41) is 0. The van der Waals surface area contributed by atoms with Gasteiger partial charge in [0.2, 0.25) is 0 Å². The Morgan fingerprint density at radius 1 is 0.636 bits per heavy atom. The Balaban J connectivity index is 1.30. The summed E-state index contributed by atoms with van der Waals surface area (Å²) in [6.45, 7) is 6.42. The number of hydrogen-bond donors (Lipinski definition) is 0. The molecule has 0 unspecified atom stereocenters. The predicted octanol–water partition coefficient (Wildman–Crippen LogP) is 4.98. The highest BCUT2D eigenvalue weighted by atomic mass is 15.1. The average molecular weight is 305 g/mol. The van der Waals surface area contributed by atoms with Crippen LogP contribution in [0.2, 0.25) is 0 Å². The van der Waals surface area contributed by atoms with Gasteiger partial charge in [-0.25, -0.2) is 0 Å². The summed E-state index contributed by atoms with van der Waals surface area (Å²) >= 11 is 0. The normalized spacial score (nSPS) is 19.0. The number of nitrogens with zero attached hydrogens (tertiary/aromatic N) is 2. The quantitative estimate of drug-likeness (QED) is 0.497. The maximum atomic E-state index is 2.67. The molecule has 22 heavy (non-hydrogen) atoms. The lowest BCUT2D eigenvalue weighted by molar-refractivity contribution is 0.224. The third-order valence-electron chi connectivity index (χ3n) is 5.00. The number of likely N-dealkylation sites (tertiary alicyclic amines) is 1. The fourth-order valence-electron chi connectivity index (χ4n) is 3.57. The third kappa shape index (κ3) is 8.03. The predicted molar refractivity (Wildman–Crippen MR) is 97.1 cm³/mol. The molecule has 1 fully saturated rings. The molecular weight excluding hydrogens is 268 g/mol. The van der Waals surface area contributed by atoms with Crippen molar-refractivity contribution >= 4 is 0 Å². The summed E-state index contributed by atoms with van der Waals surface area (Å²) in [5.74, 6) is 0. The molecule has 1 saturated heterocycles. The van der Waals surface area contributed by atoms with Gasteiger partial charge in [-0.1, -0.05) is 57.1 Å². The molecule has 0 spiro atoms. The van der Waals surface area contributed by atoms with Crippen molar-refractivity contribution in [1.29, 1.82) is 0 Å². The minimum atomic E-state index is 1.10.